The molecule has 10 rings (SSSR count). The molecule has 7 heteroatoms. The molecule has 0 radical (unpaired) electrons. The van der Waals surface area contributed by atoms with Crippen LogP contribution in [0, 0.1) is 27.7 Å². The highest BCUT2D eigenvalue weighted by molar-refractivity contribution is 7.12. The Kier molecular flexibility index (Phi) is 8.59. The van der Waals surface area contributed by atoms with Gasteiger partial charge in [-0.2, -0.15) is 5.10 Å². The van der Waals surface area contributed by atoms with Gasteiger partial charge in [0, 0.05) is 35.9 Å². The molecule has 0 amide bonds. The minimum atomic E-state index is -0.00718. The summed E-state index contributed by atoms with van der Waals surface area (Å²) in [6, 6.07) is 56.6. The SMILES string of the molecule is Cc1cccc(C)c1B1c2ccccc2B(c2c(C)cccc2C)c2c1cc(Oc1cccc(N3CN(c4ccccc4)c4ccccc43)c1)cc2-n1cccn1. The van der Waals surface area contributed by atoms with E-state index in [1.54, 1.807) is 0 Å². The van der Waals surface area contributed by atoms with E-state index in [1.807, 2.05) is 16.9 Å². The normalized spacial score (nSPS) is 13.1. The van der Waals surface area contributed by atoms with Crippen molar-refractivity contribution in [3.05, 3.63) is 192 Å². The van der Waals surface area contributed by atoms with Crippen LogP contribution in [-0.4, -0.2) is 29.9 Å². The summed E-state index contributed by atoms with van der Waals surface area (Å²) in [6.45, 7) is 9.68. The molecule has 0 saturated carbocycles. The minimum Gasteiger partial charge on any atom is -0.457 e. The Balaban J connectivity index is 1.15. The summed E-state index contributed by atoms with van der Waals surface area (Å²) in [5, 5.41) is 4.87. The van der Waals surface area contributed by atoms with Crippen LogP contribution in [0.4, 0.5) is 22.7 Å². The van der Waals surface area contributed by atoms with Gasteiger partial charge in [-0.05, 0) is 81.7 Å². The van der Waals surface area contributed by atoms with Gasteiger partial charge in [-0.25, -0.2) is 4.68 Å². The molecule has 0 saturated heterocycles. The molecular weight excluding hydrogens is 694 g/mol. The molecule has 0 spiro atoms. The second-order valence-corrected chi connectivity index (χ2v) is 15.4. The Morgan fingerprint density at radius 1 is 0.456 bits per heavy atom. The van der Waals surface area contributed by atoms with E-state index in [9.17, 15) is 0 Å². The summed E-state index contributed by atoms with van der Waals surface area (Å²) in [4.78, 5) is 4.72. The van der Waals surface area contributed by atoms with E-state index in [0.717, 1.165) is 22.9 Å². The number of fused-ring (bicyclic) bond motifs is 3. The van der Waals surface area contributed by atoms with Gasteiger partial charge in [-0.3, -0.25) is 0 Å². The highest BCUT2D eigenvalue weighted by Gasteiger charge is 2.42. The van der Waals surface area contributed by atoms with Crippen LogP contribution in [0.5, 0.6) is 11.5 Å². The average Bonchev–Trinajstić information content (AvgIpc) is 3.91. The summed E-state index contributed by atoms with van der Waals surface area (Å²) in [5.41, 5.74) is 18.6. The molecular formula is C50H42B2N4O. The first-order chi connectivity index (χ1) is 27.9. The van der Waals surface area contributed by atoms with Gasteiger partial charge < -0.3 is 14.5 Å². The number of hydrogen-bond acceptors (Lipinski definition) is 4. The number of aromatic nitrogens is 2. The van der Waals surface area contributed by atoms with Crippen molar-refractivity contribution < 1.29 is 4.74 Å². The molecule has 1 aromatic heterocycles. The van der Waals surface area contributed by atoms with E-state index in [0.29, 0.717) is 6.67 Å². The van der Waals surface area contributed by atoms with Crippen LogP contribution in [0.1, 0.15) is 22.3 Å². The van der Waals surface area contributed by atoms with Crippen molar-refractivity contribution in [3.8, 4) is 17.2 Å². The topological polar surface area (TPSA) is 33.5 Å². The molecule has 274 valence electrons. The zero-order chi connectivity index (χ0) is 38.6. The van der Waals surface area contributed by atoms with Crippen LogP contribution in [0.3, 0.4) is 0 Å². The first kappa shape index (κ1) is 34.7. The van der Waals surface area contributed by atoms with Gasteiger partial charge in [0.2, 0.25) is 13.4 Å². The molecule has 5 nitrogen and oxygen atoms in total. The largest absolute Gasteiger partial charge is 0.457 e. The van der Waals surface area contributed by atoms with E-state index in [2.05, 4.69) is 195 Å². The third kappa shape index (κ3) is 5.93. The van der Waals surface area contributed by atoms with Crippen LogP contribution in [-0.2, 0) is 0 Å². The van der Waals surface area contributed by atoms with Gasteiger partial charge in [0.25, 0.3) is 0 Å². The summed E-state index contributed by atoms with van der Waals surface area (Å²) < 4.78 is 9.05. The molecule has 0 unspecified atom stereocenters. The second kappa shape index (κ2) is 14.1. The van der Waals surface area contributed by atoms with Gasteiger partial charge in [-0.15, -0.1) is 0 Å². The fraction of sp³-hybridized carbons (Fsp3) is 0.100. The number of aryl methyl sites for hydroxylation is 4. The molecule has 0 bridgehead atoms. The smallest absolute Gasteiger partial charge is 0.243 e. The Hall–Kier alpha value is -6.72. The lowest BCUT2D eigenvalue weighted by atomic mass is 9.20. The van der Waals surface area contributed by atoms with Crippen molar-refractivity contribution in [2.45, 2.75) is 27.7 Å². The Bertz CT molecular complexity index is 2740. The summed E-state index contributed by atoms with van der Waals surface area (Å²) >= 11 is 0. The molecule has 57 heavy (non-hydrogen) atoms. The summed E-state index contributed by atoms with van der Waals surface area (Å²) in [7, 11) is 0. The van der Waals surface area contributed by atoms with Crippen LogP contribution in [0.25, 0.3) is 5.69 Å². The van der Waals surface area contributed by atoms with Gasteiger partial charge in [0.05, 0.1) is 17.1 Å². The van der Waals surface area contributed by atoms with E-state index < -0.39 is 0 Å². The van der Waals surface area contributed by atoms with Gasteiger partial charge in [-0.1, -0.05) is 147 Å². The number of para-hydroxylation sites is 3. The first-order valence-electron chi connectivity index (χ1n) is 19.8. The third-order valence-corrected chi connectivity index (χ3v) is 12.0. The molecule has 7 aromatic carbocycles. The molecule has 8 aromatic rings. The molecule has 0 N–H and O–H groups in total. The van der Waals surface area contributed by atoms with Crippen molar-refractivity contribution in [2.75, 3.05) is 16.5 Å². The lowest BCUT2D eigenvalue weighted by Gasteiger charge is -2.36. The predicted molar refractivity (Wildman–Crippen MR) is 240 cm³/mol. The third-order valence-electron chi connectivity index (χ3n) is 12.0. The number of anilines is 4. The van der Waals surface area contributed by atoms with Crippen molar-refractivity contribution >= 4 is 69.0 Å². The molecule has 0 aliphatic carbocycles. The first-order valence-corrected chi connectivity index (χ1v) is 19.8. The zero-order valence-corrected chi connectivity index (χ0v) is 32.7. The van der Waals surface area contributed by atoms with Crippen LogP contribution < -0.4 is 47.3 Å². The van der Waals surface area contributed by atoms with E-state index in [-0.39, 0.29) is 13.4 Å². The molecule has 3 heterocycles. The number of benzene rings is 7. The van der Waals surface area contributed by atoms with Crippen LogP contribution in [0.15, 0.2) is 170 Å². The number of ether oxygens (including phenoxy) is 1. The summed E-state index contributed by atoms with van der Waals surface area (Å²) in [5.74, 6) is 1.56. The van der Waals surface area contributed by atoms with Gasteiger partial charge >= 0.3 is 0 Å². The number of rotatable bonds is 7. The number of nitrogens with zero attached hydrogens (tertiary/aromatic N) is 4. The second-order valence-electron chi connectivity index (χ2n) is 15.4. The fourth-order valence-corrected chi connectivity index (χ4v) is 9.50. The van der Waals surface area contributed by atoms with Gasteiger partial charge in [0.15, 0.2) is 0 Å². The maximum Gasteiger partial charge on any atom is 0.243 e. The highest BCUT2D eigenvalue weighted by atomic mass is 16.5. The minimum absolute atomic E-state index is 0.00246. The van der Waals surface area contributed by atoms with Crippen molar-refractivity contribution in [1.82, 2.24) is 9.78 Å². The van der Waals surface area contributed by atoms with Crippen molar-refractivity contribution in [3.63, 3.8) is 0 Å². The fourth-order valence-electron chi connectivity index (χ4n) is 9.50. The van der Waals surface area contributed by atoms with Crippen LogP contribution in [0.2, 0.25) is 0 Å². The lowest BCUT2D eigenvalue weighted by molar-refractivity contribution is 0.483. The van der Waals surface area contributed by atoms with E-state index in [4.69, 9.17) is 9.84 Å². The Morgan fingerprint density at radius 2 is 1.02 bits per heavy atom. The summed E-state index contributed by atoms with van der Waals surface area (Å²) in [6.07, 6.45) is 3.92. The van der Waals surface area contributed by atoms with E-state index >= 15 is 0 Å². The quantitative estimate of drug-likeness (QED) is 0.159. The maximum atomic E-state index is 7.02. The monoisotopic (exact) mass is 736 g/mol. The lowest BCUT2D eigenvalue weighted by Crippen LogP contribution is -2.76. The maximum absolute atomic E-state index is 7.02. The number of hydrogen-bond donors (Lipinski definition) is 0. The molecule has 0 atom stereocenters. The van der Waals surface area contributed by atoms with Crippen molar-refractivity contribution in [1.29, 1.82) is 0 Å². The standard InChI is InChI=1S/C50H42B2N4O/c1-34-16-12-17-35(2)48(34)51-42-24-8-9-25-43(42)52(49-36(3)18-13-19-37(49)4)50-44(51)31-41(32-47(50)56-29-15-28-53-56)57-40-23-14-22-39(30-40)55-33-54(38-20-6-5-7-21-38)45-26-10-11-27-46(45)55/h5-32H,33H2,1-4H3. The predicted octanol–water partition coefficient (Wildman–Crippen LogP) is 7.49. The Morgan fingerprint density at radius 3 is 1.67 bits per heavy atom. The Labute approximate surface area is 336 Å². The molecule has 2 aliphatic heterocycles. The average molecular weight is 737 g/mol. The van der Waals surface area contributed by atoms with Crippen molar-refractivity contribution in [2.24, 2.45) is 0 Å². The zero-order valence-electron chi connectivity index (χ0n) is 32.7. The van der Waals surface area contributed by atoms with E-state index in [1.165, 1.54) is 72.1 Å². The van der Waals surface area contributed by atoms with Crippen LogP contribution >= 0.6 is 0 Å². The highest BCUT2D eigenvalue weighted by Crippen LogP contribution is 2.44. The van der Waals surface area contributed by atoms with Gasteiger partial charge in [0.1, 0.15) is 18.2 Å². The molecule has 0 fully saturated rings. The molecule has 2 aliphatic rings.